The quantitative estimate of drug-likeness (QED) is 0.788. The van der Waals surface area contributed by atoms with Crippen molar-refractivity contribution in [2.24, 2.45) is 0 Å². The molecule has 0 aliphatic heterocycles. The lowest BCUT2D eigenvalue weighted by molar-refractivity contribution is 0.102. The van der Waals surface area contributed by atoms with Gasteiger partial charge in [-0.1, -0.05) is 11.6 Å². The summed E-state index contributed by atoms with van der Waals surface area (Å²) in [7, 11) is 0. The number of carbonyl (C=O) groups excluding carboxylic acids is 1. The van der Waals surface area contributed by atoms with E-state index >= 15 is 0 Å². The first kappa shape index (κ1) is 12.6. The average Bonchev–Trinajstić information content (AvgIpc) is 2.82. The molecule has 6 heteroatoms. The molecule has 0 atom stereocenters. The van der Waals surface area contributed by atoms with Gasteiger partial charge in [0.1, 0.15) is 5.82 Å². The fraction of sp³-hybridized carbons (Fsp3) is 0.0714. The highest BCUT2D eigenvalue weighted by molar-refractivity contribution is 6.30. The number of rotatable bonds is 2. The Kier molecular flexibility index (Phi) is 3.12. The minimum absolute atomic E-state index is 0.199. The minimum Gasteiger partial charge on any atom is -0.322 e. The molecule has 0 radical (unpaired) electrons. The molecule has 0 saturated carbocycles. The number of hydrogen-bond acceptors (Lipinski definition) is 3. The Morgan fingerprint density at radius 1 is 1.20 bits per heavy atom. The highest BCUT2D eigenvalue weighted by Crippen LogP contribution is 2.15. The minimum atomic E-state index is -0.199. The maximum absolute atomic E-state index is 12.1. The van der Waals surface area contributed by atoms with Gasteiger partial charge in [-0.3, -0.25) is 9.20 Å². The molecule has 100 valence electrons. The Bertz CT molecular complexity index is 779. The molecule has 0 fully saturated rings. The number of nitrogens with one attached hydrogen (secondary N) is 1. The maximum atomic E-state index is 12.1. The van der Waals surface area contributed by atoms with Crippen LogP contribution in [0, 0.1) is 6.92 Å². The zero-order chi connectivity index (χ0) is 14.1. The largest absolute Gasteiger partial charge is 0.322 e. The van der Waals surface area contributed by atoms with Crippen molar-refractivity contribution >= 4 is 28.8 Å². The predicted molar refractivity (Wildman–Crippen MR) is 77.1 cm³/mol. The van der Waals surface area contributed by atoms with Crippen LogP contribution in [-0.2, 0) is 0 Å². The Balaban J connectivity index is 1.86. The van der Waals surface area contributed by atoms with E-state index in [1.165, 1.54) is 0 Å². The third-order valence-corrected chi connectivity index (χ3v) is 3.20. The molecule has 2 heterocycles. The van der Waals surface area contributed by atoms with Crippen LogP contribution in [0.4, 0.5) is 5.69 Å². The van der Waals surface area contributed by atoms with Crippen LogP contribution in [0.3, 0.4) is 0 Å². The molecule has 0 aliphatic rings. The summed E-state index contributed by atoms with van der Waals surface area (Å²) < 4.78 is 1.82. The Morgan fingerprint density at radius 2 is 1.95 bits per heavy atom. The molecule has 0 saturated heterocycles. The molecule has 0 unspecified atom stereocenters. The third kappa shape index (κ3) is 2.35. The summed E-state index contributed by atoms with van der Waals surface area (Å²) in [5.41, 5.74) is 1.86. The number of aryl methyl sites for hydroxylation is 1. The Hall–Kier alpha value is -2.40. The van der Waals surface area contributed by atoms with Gasteiger partial charge in [0.15, 0.2) is 5.65 Å². The number of carbonyl (C=O) groups is 1. The van der Waals surface area contributed by atoms with Crippen molar-refractivity contribution in [1.82, 2.24) is 14.6 Å². The van der Waals surface area contributed by atoms with Gasteiger partial charge >= 0.3 is 0 Å². The van der Waals surface area contributed by atoms with Crippen molar-refractivity contribution < 1.29 is 4.79 Å². The van der Waals surface area contributed by atoms with Gasteiger partial charge in [-0.2, -0.15) is 0 Å². The van der Waals surface area contributed by atoms with E-state index in [-0.39, 0.29) is 5.91 Å². The number of halogens is 1. The molecule has 3 aromatic rings. The normalized spacial score (nSPS) is 10.7. The zero-order valence-corrected chi connectivity index (χ0v) is 11.4. The van der Waals surface area contributed by atoms with Gasteiger partial charge in [-0.15, -0.1) is 10.2 Å². The van der Waals surface area contributed by atoms with Crippen LogP contribution in [0.2, 0.25) is 5.02 Å². The number of hydrogen-bond donors (Lipinski definition) is 1. The van der Waals surface area contributed by atoms with Crippen LogP contribution in [0.5, 0.6) is 0 Å². The second-order valence-electron chi connectivity index (χ2n) is 4.35. The van der Waals surface area contributed by atoms with E-state index in [4.69, 9.17) is 11.6 Å². The average molecular weight is 287 g/mol. The Labute approximate surface area is 120 Å². The fourth-order valence-electron chi connectivity index (χ4n) is 1.89. The molecule has 2 aromatic heterocycles. The molecular formula is C14H11ClN4O. The third-order valence-electron chi connectivity index (χ3n) is 2.94. The van der Waals surface area contributed by atoms with Crippen molar-refractivity contribution in [2.75, 3.05) is 5.32 Å². The van der Waals surface area contributed by atoms with E-state index in [0.717, 1.165) is 5.82 Å². The van der Waals surface area contributed by atoms with Crippen LogP contribution in [0.1, 0.15) is 16.2 Å². The molecule has 0 aliphatic carbocycles. The van der Waals surface area contributed by atoms with Crippen molar-refractivity contribution in [2.45, 2.75) is 6.92 Å². The van der Waals surface area contributed by atoms with Crippen LogP contribution in [0.25, 0.3) is 5.65 Å². The lowest BCUT2D eigenvalue weighted by Gasteiger charge is -2.05. The summed E-state index contributed by atoms with van der Waals surface area (Å²) in [5.74, 6) is 0.583. The lowest BCUT2D eigenvalue weighted by atomic mass is 10.2. The van der Waals surface area contributed by atoms with Gasteiger partial charge in [0.05, 0.1) is 0 Å². The van der Waals surface area contributed by atoms with Crippen LogP contribution in [0.15, 0.2) is 42.6 Å². The van der Waals surface area contributed by atoms with E-state index in [9.17, 15) is 4.79 Å². The van der Waals surface area contributed by atoms with E-state index in [1.54, 1.807) is 42.6 Å². The molecule has 5 nitrogen and oxygen atoms in total. The van der Waals surface area contributed by atoms with Crippen molar-refractivity contribution in [3.63, 3.8) is 0 Å². The predicted octanol–water partition coefficient (Wildman–Crippen LogP) is 2.94. The Morgan fingerprint density at radius 3 is 2.70 bits per heavy atom. The molecule has 3 rings (SSSR count). The first-order valence-electron chi connectivity index (χ1n) is 6.02. The van der Waals surface area contributed by atoms with Crippen molar-refractivity contribution in [3.05, 3.63) is 59.0 Å². The lowest BCUT2D eigenvalue weighted by Crippen LogP contribution is -2.12. The molecule has 1 aromatic carbocycles. The van der Waals surface area contributed by atoms with Crippen molar-refractivity contribution in [1.29, 1.82) is 0 Å². The summed E-state index contributed by atoms with van der Waals surface area (Å²) in [6.45, 7) is 1.85. The number of fused-ring (bicyclic) bond motifs is 1. The summed E-state index contributed by atoms with van der Waals surface area (Å²) in [6, 6.07) is 10.4. The number of pyridine rings is 1. The smallest absolute Gasteiger partial charge is 0.255 e. The number of amides is 1. The standard InChI is InChI=1S/C14H11ClN4O/c1-9-17-18-13-8-10(6-7-19(9)13)14(20)16-12-4-2-11(15)3-5-12/h2-8H,1H3,(H,16,20). The summed E-state index contributed by atoms with van der Waals surface area (Å²) in [6.07, 6.45) is 1.78. The van der Waals surface area contributed by atoms with E-state index in [2.05, 4.69) is 15.5 Å². The summed E-state index contributed by atoms with van der Waals surface area (Å²) >= 11 is 5.80. The van der Waals surface area contributed by atoms with Crippen LogP contribution < -0.4 is 5.32 Å². The van der Waals surface area contributed by atoms with Gasteiger partial charge in [0.25, 0.3) is 5.91 Å². The first-order valence-corrected chi connectivity index (χ1v) is 6.39. The monoisotopic (exact) mass is 286 g/mol. The second-order valence-corrected chi connectivity index (χ2v) is 4.79. The first-order chi connectivity index (χ1) is 9.63. The van der Waals surface area contributed by atoms with Crippen LogP contribution in [-0.4, -0.2) is 20.5 Å². The molecule has 0 bridgehead atoms. The van der Waals surface area contributed by atoms with Gasteiger partial charge in [0, 0.05) is 22.5 Å². The fourth-order valence-corrected chi connectivity index (χ4v) is 2.01. The molecule has 1 N–H and O–H groups in total. The van der Waals surface area contributed by atoms with Crippen LogP contribution >= 0.6 is 11.6 Å². The summed E-state index contributed by atoms with van der Waals surface area (Å²) in [4.78, 5) is 12.1. The molecule has 0 spiro atoms. The number of aromatic nitrogens is 3. The summed E-state index contributed by atoms with van der Waals surface area (Å²) in [5, 5.41) is 11.4. The van der Waals surface area contributed by atoms with Gasteiger partial charge in [0.2, 0.25) is 0 Å². The molecular weight excluding hydrogens is 276 g/mol. The number of benzene rings is 1. The highest BCUT2D eigenvalue weighted by atomic mass is 35.5. The SMILES string of the molecule is Cc1nnc2cc(C(=O)Nc3ccc(Cl)cc3)ccn12. The highest BCUT2D eigenvalue weighted by Gasteiger charge is 2.09. The van der Waals surface area contributed by atoms with E-state index in [1.807, 2.05) is 11.3 Å². The molecule has 20 heavy (non-hydrogen) atoms. The van der Waals surface area contributed by atoms with Crippen molar-refractivity contribution in [3.8, 4) is 0 Å². The van der Waals surface area contributed by atoms with E-state index < -0.39 is 0 Å². The number of nitrogens with zero attached hydrogens (tertiary/aromatic N) is 3. The van der Waals surface area contributed by atoms with Gasteiger partial charge in [-0.25, -0.2) is 0 Å². The van der Waals surface area contributed by atoms with Gasteiger partial charge in [-0.05, 0) is 43.3 Å². The number of anilines is 1. The topological polar surface area (TPSA) is 59.3 Å². The maximum Gasteiger partial charge on any atom is 0.255 e. The van der Waals surface area contributed by atoms with E-state index in [0.29, 0.717) is 21.9 Å². The van der Waals surface area contributed by atoms with Gasteiger partial charge < -0.3 is 5.32 Å². The molecule has 1 amide bonds. The zero-order valence-electron chi connectivity index (χ0n) is 10.7. The second kappa shape index (κ2) is 4.94.